The minimum Gasteiger partial charge on any atom is -0.456 e. The van der Waals surface area contributed by atoms with Crippen LogP contribution < -0.4 is 0 Å². The van der Waals surface area contributed by atoms with Crippen LogP contribution in [0, 0.1) is 40.4 Å². The number of benzene rings is 7. The van der Waals surface area contributed by atoms with Gasteiger partial charge in [0.05, 0.1) is 28.2 Å². The van der Waals surface area contributed by atoms with Crippen molar-refractivity contribution in [2.75, 3.05) is 0 Å². The quantitative estimate of drug-likeness (QED) is 0.174. The highest BCUT2D eigenvalue weighted by Gasteiger charge is 2.66. The predicted octanol–water partition coefficient (Wildman–Crippen LogP) is 16.6. The molecule has 316 valence electrons. The summed E-state index contributed by atoms with van der Waals surface area (Å²) in [5.74, 6) is 5.53. The molecule has 0 aliphatic heterocycles. The van der Waals surface area contributed by atoms with Gasteiger partial charge in [0.25, 0.3) is 0 Å². The van der Waals surface area contributed by atoms with Gasteiger partial charge in [-0.15, -0.1) is 0 Å². The first-order valence-electron chi connectivity index (χ1n) is 25.2. The van der Waals surface area contributed by atoms with Crippen molar-refractivity contribution in [1.82, 2.24) is 4.40 Å². The van der Waals surface area contributed by atoms with E-state index in [4.69, 9.17) is 8.83 Å². The Morgan fingerprint density at radius 2 is 1.06 bits per heavy atom. The predicted molar refractivity (Wildman–Crippen MR) is 265 cm³/mol. The Balaban J connectivity index is 1.09. The average Bonchev–Trinajstić information content (AvgIpc) is 4.15. The highest BCUT2D eigenvalue weighted by molar-refractivity contribution is 6.34. The molecule has 4 heterocycles. The van der Waals surface area contributed by atoms with Crippen molar-refractivity contribution in [2.45, 2.75) is 87.9 Å². The van der Waals surface area contributed by atoms with Gasteiger partial charge in [-0.1, -0.05) is 60.7 Å². The lowest BCUT2D eigenvalue weighted by atomic mass is 9.56. The van der Waals surface area contributed by atoms with E-state index in [0.717, 1.165) is 62.3 Å². The Kier molecular flexibility index (Phi) is 6.05. The summed E-state index contributed by atoms with van der Waals surface area (Å²) in [6, 6.07) is 43.9. The fraction of sp³-hybridized carbons (Fsp3) is 0.306. The zero-order valence-electron chi connectivity index (χ0n) is 36.8. The number of aromatic nitrogens is 1. The molecule has 7 bridgehead atoms. The van der Waals surface area contributed by atoms with E-state index in [1.165, 1.54) is 146 Å². The molecule has 0 radical (unpaired) electrons. The second-order valence-electron chi connectivity index (χ2n) is 22.7. The van der Waals surface area contributed by atoms with Gasteiger partial charge in [0.15, 0.2) is 0 Å². The van der Waals surface area contributed by atoms with Crippen LogP contribution >= 0.6 is 0 Å². The fourth-order valence-corrected chi connectivity index (χ4v) is 18.0. The van der Waals surface area contributed by atoms with Crippen LogP contribution in [-0.2, 0) is 0 Å². The highest BCUT2D eigenvalue weighted by Crippen LogP contribution is 2.77. The molecule has 8 aliphatic rings. The summed E-state index contributed by atoms with van der Waals surface area (Å²) >= 11 is 0. The minimum absolute atomic E-state index is 0.463. The molecule has 19 rings (SSSR count). The summed E-state index contributed by atoms with van der Waals surface area (Å²) in [4.78, 5) is 0. The van der Waals surface area contributed by atoms with Gasteiger partial charge < -0.3 is 13.2 Å². The topological polar surface area (TPSA) is 54.5 Å². The van der Waals surface area contributed by atoms with Gasteiger partial charge in [-0.3, -0.25) is 0 Å². The number of para-hydroxylation sites is 2. The summed E-state index contributed by atoms with van der Waals surface area (Å²) in [7, 11) is 0. The van der Waals surface area contributed by atoms with E-state index in [0.29, 0.717) is 29.1 Å². The van der Waals surface area contributed by atoms with Crippen LogP contribution in [0.4, 0.5) is 0 Å². The van der Waals surface area contributed by atoms with Crippen LogP contribution in [0.5, 0.6) is 0 Å². The molecular weight excluding hydrogens is 805 g/mol. The number of furan rings is 2. The van der Waals surface area contributed by atoms with Crippen molar-refractivity contribution in [3.8, 4) is 28.3 Å². The second-order valence-corrected chi connectivity index (χ2v) is 22.7. The maximum atomic E-state index is 11.4. The molecule has 4 heteroatoms. The van der Waals surface area contributed by atoms with Gasteiger partial charge in [0.1, 0.15) is 22.3 Å². The standard InChI is InChI=1S/C62H46N2O2/c63-29-36-22-49-60(55-35-21-38-23-37-20-34(54(36)55)27-62(37,38)28-35)59-46(40-10-6-14-53-57(40)42-8-2-4-12-51(42)66-53)25-45(39-9-5-13-52-56(39)41-7-1-3-11-50(41)65-52)58-47-24-43-32-16-30-15-31(17-32)19-33(18-30)44(43)26-48(47)64(49)61(58)59/h1-14,22,24-26,30-35,37-38H,15-21,23,27-28H2. The Morgan fingerprint density at radius 3 is 1.71 bits per heavy atom. The summed E-state index contributed by atoms with van der Waals surface area (Å²) in [6.07, 6.45) is 13.2. The Hall–Kier alpha value is -6.57. The number of hydrogen-bond donors (Lipinski definition) is 0. The molecule has 4 nitrogen and oxygen atoms in total. The third-order valence-corrected chi connectivity index (χ3v) is 20.0. The van der Waals surface area contributed by atoms with Gasteiger partial charge in [-0.2, -0.15) is 5.26 Å². The average molecular weight is 851 g/mol. The van der Waals surface area contributed by atoms with Gasteiger partial charge in [0, 0.05) is 43.1 Å². The van der Waals surface area contributed by atoms with Crippen LogP contribution in [0.15, 0.2) is 118 Å². The molecule has 0 saturated heterocycles. The lowest BCUT2D eigenvalue weighted by Gasteiger charge is -2.48. The van der Waals surface area contributed by atoms with Crippen molar-refractivity contribution in [3.05, 3.63) is 137 Å². The Labute approximate surface area is 381 Å². The zero-order valence-corrected chi connectivity index (χ0v) is 36.8. The lowest BCUT2D eigenvalue weighted by Crippen LogP contribution is -2.41. The molecule has 4 aromatic heterocycles. The SMILES string of the molecule is N#Cc1cc2c(c3c1C1CC4CC5CC3CC45C1)c1c(-c3cccc4oc5ccccc5c34)cc(-c3cccc4oc5ccccc5c34)c3c4cc5c(cc4n2c31)C1CC2CC(CC5C2)C1. The number of rotatable bonds is 2. The van der Waals surface area contributed by atoms with Crippen molar-refractivity contribution >= 4 is 82.0 Å². The van der Waals surface area contributed by atoms with Crippen molar-refractivity contribution in [3.63, 3.8) is 0 Å². The van der Waals surface area contributed by atoms with Crippen LogP contribution in [-0.4, -0.2) is 4.40 Å². The molecule has 7 unspecified atom stereocenters. The molecule has 5 fully saturated rings. The molecule has 5 saturated carbocycles. The summed E-state index contributed by atoms with van der Waals surface area (Å²) in [6.45, 7) is 0. The summed E-state index contributed by atoms with van der Waals surface area (Å²) < 4.78 is 16.1. The van der Waals surface area contributed by atoms with Crippen LogP contribution in [0.1, 0.15) is 116 Å². The summed E-state index contributed by atoms with van der Waals surface area (Å²) in [5.41, 5.74) is 20.1. The number of hydrogen-bond acceptors (Lipinski definition) is 3. The lowest BCUT2D eigenvalue weighted by molar-refractivity contribution is 0.00322. The van der Waals surface area contributed by atoms with E-state index < -0.39 is 0 Å². The first kappa shape index (κ1) is 34.7. The van der Waals surface area contributed by atoms with Crippen molar-refractivity contribution in [1.29, 1.82) is 5.26 Å². The van der Waals surface area contributed by atoms with E-state index in [1.54, 1.807) is 11.1 Å². The molecule has 11 aromatic rings. The monoisotopic (exact) mass is 850 g/mol. The van der Waals surface area contributed by atoms with Crippen molar-refractivity contribution < 1.29 is 8.83 Å². The molecule has 66 heavy (non-hydrogen) atoms. The van der Waals surface area contributed by atoms with E-state index >= 15 is 0 Å². The maximum absolute atomic E-state index is 11.4. The highest BCUT2D eigenvalue weighted by atomic mass is 16.3. The minimum atomic E-state index is 0.463. The van der Waals surface area contributed by atoms with Crippen LogP contribution in [0.3, 0.4) is 0 Å². The van der Waals surface area contributed by atoms with E-state index in [2.05, 4.69) is 120 Å². The molecular formula is C62H46N2O2. The van der Waals surface area contributed by atoms with Gasteiger partial charge in [-0.05, 0) is 210 Å². The van der Waals surface area contributed by atoms with Gasteiger partial charge in [0.2, 0.25) is 0 Å². The molecule has 8 aliphatic carbocycles. The zero-order chi connectivity index (χ0) is 42.5. The normalized spacial score (nSPS) is 29.0. The second kappa shape index (κ2) is 11.5. The van der Waals surface area contributed by atoms with E-state index in [1.807, 2.05) is 0 Å². The molecule has 7 aromatic carbocycles. The van der Waals surface area contributed by atoms with E-state index in [-0.39, 0.29) is 0 Å². The first-order valence-corrected chi connectivity index (χ1v) is 25.2. The fourth-order valence-electron chi connectivity index (χ4n) is 18.0. The molecule has 7 atom stereocenters. The number of nitriles is 1. The third kappa shape index (κ3) is 3.94. The molecule has 0 N–H and O–H groups in total. The van der Waals surface area contributed by atoms with Crippen LogP contribution in [0.25, 0.3) is 104 Å². The number of nitrogens with zero attached hydrogens (tertiary/aromatic N) is 2. The van der Waals surface area contributed by atoms with Gasteiger partial charge in [-0.25, -0.2) is 0 Å². The van der Waals surface area contributed by atoms with Crippen molar-refractivity contribution in [2.24, 2.45) is 29.1 Å². The smallest absolute Gasteiger partial charge is 0.136 e. The first-order chi connectivity index (χ1) is 32.6. The number of fused-ring (bicyclic) bond motifs is 18. The Morgan fingerprint density at radius 1 is 0.470 bits per heavy atom. The van der Waals surface area contributed by atoms with E-state index in [9.17, 15) is 5.26 Å². The maximum Gasteiger partial charge on any atom is 0.136 e. The molecule has 1 spiro atoms. The molecule has 0 amide bonds. The third-order valence-electron chi connectivity index (χ3n) is 20.0. The Bertz CT molecular complexity index is 4100. The summed E-state index contributed by atoms with van der Waals surface area (Å²) in [5, 5.41) is 21.6. The largest absolute Gasteiger partial charge is 0.456 e. The van der Waals surface area contributed by atoms with Crippen LogP contribution in [0.2, 0.25) is 0 Å². The van der Waals surface area contributed by atoms with Gasteiger partial charge >= 0.3 is 0 Å².